The molecule has 2 aromatic heterocycles. The van der Waals surface area contributed by atoms with Gasteiger partial charge in [0.05, 0.1) is 0 Å². The third-order valence-corrected chi connectivity index (χ3v) is 33.9. The fourth-order valence-corrected chi connectivity index (χ4v) is 33.3. The number of thiophene rings is 2. The molecule has 0 aliphatic carbocycles. The van der Waals surface area contributed by atoms with Crippen molar-refractivity contribution in [1.82, 2.24) is 0 Å². The molecular weight excluding hydrogens is 793 g/mol. The van der Waals surface area contributed by atoms with Crippen LogP contribution in [0.25, 0.3) is 30.9 Å². The van der Waals surface area contributed by atoms with Crippen LogP contribution in [0.2, 0.25) is 33.2 Å². The first-order valence-corrected chi connectivity index (χ1v) is 32.3. The van der Waals surface area contributed by atoms with E-state index in [1.54, 1.807) is 51.1 Å². The number of unbranched alkanes of at least 4 members (excludes halogenated alkanes) is 18. The SMILES string of the molecule is CCCCCCCCCCCCc1cc2c(cc(CCCCCCCCCCCC)c3cc([Si](C(C)C)(C(C)C)C(C)C)sc32)c2sc([Si](C(C)C)(C(C)C)C(C)C)cc12. The van der Waals surface area contributed by atoms with Crippen LogP contribution in [0.3, 0.4) is 0 Å². The van der Waals surface area contributed by atoms with Gasteiger partial charge in [-0.2, -0.15) is 0 Å². The molecular formula is C56H96S2Si2. The highest BCUT2D eigenvalue weighted by atomic mass is 32.1. The van der Waals surface area contributed by atoms with Crippen LogP contribution in [0, 0.1) is 0 Å². The molecule has 2 heterocycles. The van der Waals surface area contributed by atoms with Crippen LogP contribution in [0.1, 0.15) is 236 Å². The number of aryl methyl sites for hydroxylation is 2. The quantitative estimate of drug-likeness (QED) is 0.0361. The van der Waals surface area contributed by atoms with E-state index in [0.717, 1.165) is 33.2 Å². The zero-order chi connectivity index (χ0) is 44.0. The Labute approximate surface area is 383 Å². The molecule has 4 heteroatoms. The first-order chi connectivity index (χ1) is 28.7. The molecule has 0 saturated carbocycles. The standard InChI is InChI=1S/C56H96S2Si2/c1-15-17-19-21-23-25-27-29-31-33-35-47-37-51-52(55-49(47)39-53(57-55)59(41(3)4,42(5)6)43(7)8)38-48(36-34-32-30-28-26-24-22-20-18-16-2)50-40-54(58-56(50)51)60(44(9)10,45(11)12)46(13)14/h37-46H,15-36H2,1-14H3. The summed E-state index contributed by atoms with van der Waals surface area (Å²) in [4.78, 5) is 0. The first kappa shape index (κ1) is 51.7. The molecule has 0 bridgehead atoms. The lowest BCUT2D eigenvalue weighted by Crippen LogP contribution is -2.54. The average molecular weight is 890 g/mol. The van der Waals surface area contributed by atoms with Crippen LogP contribution < -0.4 is 9.00 Å². The van der Waals surface area contributed by atoms with Gasteiger partial charge in [0.25, 0.3) is 0 Å². The molecule has 0 saturated heterocycles. The predicted octanol–water partition coefficient (Wildman–Crippen LogP) is 20.0. The van der Waals surface area contributed by atoms with Crippen LogP contribution in [0.15, 0.2) is 24.3 Å². The minimum atomic E-state index is -1.81. The predicted molar refractivity (Wildman–Crippen MR) is 287 cm³/mol. The molecule has 4 aromatic rings. The monoisotopic (exact) mass is 889 g/mol. The normalized spacial score (nSPS) is 13.2. The molecule has 2 aromatic carbocycles. The Kier molecular flexibility index (Phi) is 21.5. The topological polar surface area (TPSA) is 0 Å². The van der Waals surface area contributed by atoms with Crippen LogP contribution in [-0.4, -0.2) is 16.1 Å². The van der Waals surface area contributed by atoms with Gasteiger partial charge in [-0.25, -0.2) is 0 Å². The molecule has 4 rings (SSSR count). The maximum absolute atomic E-state index is 2.79. The van der Waals surface area contributed by atoms with E-state index >= 15 is 0 Å². The van der Waals surface area contributed by atoms with Crippen molar-refractivity contribution in [2.24, 2.45) is 0 Å². The number of hydrogen-bond acceptors (Lipinski definition) is 2. The largest absolute Gasteiger partial charge is 0.144 e. The molecule has 0 amide bonds. The van der Waals surface area contributed by atoms with Gasteiger partial charge in [0, 0.05) is 20.2 Å². The Morgan fingerprint density at radius 1 is 0.333 bits per heavy atom. The number of fused-ring (bicyclic) bond motifs is 5. The van der Waals surface area contributed by atoms with Gasteiger partial charge >= 0.3 is 0 Å². The van der Waals surface area contributed by atoms with Crippen molar-refractivity contribution in [3.8, 4) is 0 Å². The highest BCUT2D eigenvalue weighted by molar-refractivity contribution is 7.34. The third-order valence-electron chi connectivity index (χ3n) is 15.8. The summed E-state index contributed by atoms with van der Waals surface area (Å²) in [5.74, 6) is 0. The van der Waals surface area contributed by atoms with Crippen LogP contribution >= 0.6 is 22.7 Å². The second-order valence-corrected chi connectivity index (χ2v) is 36.1. The first-order valence-electron chi connectivity index (χ1n) is 26.2. The second-order valence-electron chi connectivity index (χ2n) is 21.5. The summed E-state index contributed by atoms with van der Waals surface area (Å²) in [6.45, 7) is 35.4. The molecule has 0 atom stereocenters. The van der Waals surface area contributed by atoms with Gasteiger partial charge in [0.2, 0.25) is 0 Å². The van der Waals surface area contributed by atoms with Crippen LogP contribution in [-0.2, 0) is 12.8 Å². The number of hydrogen-bond donors (Lipinski definition) is 0. The van der Waals surface area contributed by atoms with E-state index in [1.165, 1.54) is 141 Å². The Hall–Kier alpha value is -0.946. The summed E-state index contributed by atoms with van der Waals surface area (Å²) in [5, 5.41) is 6.41. The maximum Gasteiger partial charge on any atom is 0.107 e. The molecule has 60 heavy (non-hydrogen) atoms. The van der Waals surface area contributed by atoms with E-state index in [4.69, 9.17) is 0 Å². The van der Waals surface area contributed by atoms with Gasteiger partial charge in [-0.15, -0.1) is 22.7 Å². The van der Waals surface area contributed by atoms with Crippen molar-refractivity contribution in [3.05, 3.63) is 35.4 Å². The summed E-state index contributed by atoms with van der Waals surface area (Å²) in [7, 11) is -3.62. The van der Waals surface area contributed by atoms with E-state index in [2.05, 4.69) is 144 Å². The Morgan fingerprint density at radius 3 is 0.833 bits per heavy atom. The minimum absolute atomic E-state index is 0.724. The minimum Gasteiger partial charge on any atom is -0.144 e. The van der Waals surface area contributed by atoms with Gasteiger partial charge in [-0.3, -0.25) is 0 Å². The third kappa shape index (κ3) is 11.8. The van der Waals surface area contributed by atoms with Gasteiger partial charge in [0.1, 0.15) is 16.1 Å². The Bertz CT molecular complexity index is 1660. The molecule has 0 spiro atoms. The summed E-state index contributed by atoms with van der Waals surface area (Å²) in [5.41, 5.74) is 7.64. The molecule has 0 fully saturated rings. The smallest absolute Gasteiger partial charge is 0.107 e. The number of benzene rings is 2. The van der Waals surface area contributed by atoms with Gasteiger partial charge < -0.3 is 0 Å². The van der Waals surface area contributed by atoms with E-state index in [1.807, 2.05) is 0 Å². The van der Waals surface area contributed by atoms with Crippen molar-refractivity contribution in [2.45, 2.75) is 271 Å². The van der Waals surface area contributed by atoms with Gasteiger partial charge in [-0.05, 0) is 114 Å². The highest BCUT2D eigenvalue weighted by Gasteiger charge is 2.47. The number of rotatable bonds is 30. The second kappa shape index (κ2) is 24.9. The fourth-order valence-electron chi connectivity index (χ4n) is 12.8. The lowest BCUT2D eigenvalue weighted by atomic mass is 9.94. The molecule has 340 valence electrons. The Balaban J connectivity index is 1.84. The van der Waals surface area contributed by atoms with Gasteiger partial charge in [0.15, 0.2) is 0 Å². The summed E-state index contributed by atoms with van der Waals surface area (Å²) in [6, 6.07) is 11.1. The summed E-state index contributed by atoms with van der Waals surface area (Å²) < 4.78 is 6.82. The lowest BCUT2D eigenvalue weighted by Gasteiger charge is -2.42. The molecule has 0 nitrogen and oxygen atoms in total. The van der Waals surface area contributed by atoms with Crippen LogP contribution in [0.4, 0.5) is 0 Å². The van der Waals surface area contributed by atoms with E-state index < -0.39 is 16.1 Å². The van der Waals surface area contributed by atoms with Crippen molar-refractivity contribution >= 4 is 78.8 Å². The van der Waals surface area contributed by atoms with Crippen molar-refractivity contribution in [1.29, 1.82) is 0 Å². The van der Waals surface area contributed by atoms with Crippen molar-refractivity contribution < 1.29 is 0 Å². The zero-order valence-corrected chi connectivity index (χ0v) is 45.8. The maximum atomic E-state index is 2.79. The van der Waals surface area contributed by atoms with Crippen LogP contribution in [0.5, 0.6) is 0 Å². The molecule has 0 unspecified atom stereocenters. The highest BCUT2D eigenvalue weighted by Crippen LogP contribution is 2.48. The lowest BCUT2D eigenvalue weighted by molar-refractivity contribution is 0.556. The average Bonchev–Trinajstić information content (AvgIpc) is 3.83. The summed E-state index contributed by atoms with van der Waals surface area (Å²) in [6.07, 6.45) is 30.4. The molecule has 0 N–H and O–H groups in total. The van der Waals surface area contributed by atoms with E-state index in [0.29, 0.717) is 0 Å². The van der Waals surface area contributed by atoms with E-state index in [9.17, 15) is 0 Å². The zero-order valence-electron chi connectivity index (χ0n) is 42.1. The molecule has 0 aliphatic rings. The van der Waals surface area contributed by atoms with E-state index in [-0.39, 0.29) is 0 Å². The van der Waals surface area contributed by atoms with Crippen molar-refractivity contribution in [3.63, 3.8) is 0 Å². The fraction of sp³-hybridized carbons (Fsp3) is 0.750. The molecule has 0 radical (unpaired) electrons. The molecule has 0 aliphatic heterocycles. The van der Waals surface area contributed by atoms with Crippen molar-refractivity contribution in [2.75, 3.05) is 0 Å². The summed E-state index contributed by atoms with van der Waals surface area (Å²) >= 11 is 4.51. The Morgan fingerprint density at radius 2 is 0.583 bits per heavy atom. The van der Waals surface area contributed by atoms with Gasteiger partial charge in [-0.1, -0.05) is 213 Å².